The normalized spacial score (nSPS) is 24.0. The molecule has 1 aliphatic carbocycles. The summed E-state index contributed by atoms with van der Waals surface area (Å²) in [5, 5.41) is 0. The molecule has 0 N–H and O–H groups in total. The third-order valence-electron chi connectivity index (χ3n) is 2.33. The minimum atomic E-state index is 1.00. The maximum absolute atomic E-state index is 5.07. The fraction of sp³-hybridized carbons (Fsp3) is 1.00. The number of ether oxygens (including phenoxy) is 1. The highest BCUT2D eigenvalue weighted by Crippen LogP contribution is 2.15. The lowest BCUT2D eigenvalue weighted by atomic mass is 10.2. The van der Waals surface area contributed by atoms with Gasteiger partial charge in [0.25, 0.3) is 0 Å². The monoisotopic (exact) mass is 156 g/mol. The first-order chi connectivity index (χ1) is 5.50. The number of hydrogen-bond donors (Lipinski definition) is 0. The second kappa shape index (κ2) is 6.66. The minimum Gasteiger partial charge on any atom is -0.381 e. The zero-order chi connectivity index (χ0) is 7.78. The summed E-state index contributed by atoms with van der Waals surface area (Å²) >= 11 is 0. The van der Waals surface area contributed by atoms with Gasteiger partial charge in [0, 0.05) is 13.2 Å². The molecule has 0 atom stereocenters. The van der Waals surface area contributed by atoms with Crippen LogP contribution < -0.4 is 0 Å². The summed E-state index contributed by atoms with van der Waals surface area (Å²) in [4.78, 5) is 0. The Morgan fingerprint density at radius 3 is 1.00 bits per heavy atom. The molecule has 0 bridgehead atoms. The Hall–Kier alpha value is -0.0400. The van der Waals surface area contributed by atoms with E-state index in [1.165, 1.54) is 51.4 Å². The summed E-state index contributed by atoms with van der Waals surface area (Å²) in [6, 6.07) is 0. The Labute approximate surface area is 70.1 Å². The van der Waals surface area contributed by atoms with Gasteiger partial charge in [-0.05, 0) is 19.3 Å². The molecule has 1 aliphatic heterocycles. The van der Waals surface area contributed by atoms with Gasteiger partial charge in [-0.2, -0.15) is 0 Å². The Morgan fingerprint density at radius 1 is 0.455 bits per heavy atom. The van der Waals surface area contributed by atoms with Gasteiger partial charge in [-0.3, -0.25) is 0 Å². The molecule has 0 radical (unpaired) electrons. The molecular weight excluding hydrogens is 136 g/mol. The van der Waals surface area contributed by atoms with Gasteiger partial charge < -0.3 is 4.74 Å². The zero-order valence-electron chi connectivity index (χ0n) is 7.48. The predicted octanol–water partition coefficient (Wildman–Crippen LogP) is 3.14. The highest BCUT2D eigenvalue weighted by atomic mass is 16.5. The Balaban J connectivity index is 0.000000112. The maximum Gasteiger partial charge on any atom is 0.0466 e. The van der Waals surface area contributed by atoms with Gasteiger partial charge in [-0.1, -0.05) is 32.1 Å². The quantitative estimate of drug-likeness (QED) is 0.523. The van der Waals surface area contributed by atoms with Crippen LogP contribution in [-0.4, -0.2) is 13.2 Å². The molecule has 1 saturated heterocycles. The minimum absolute atomic E-state index is 1.00. The fourth-order valence-electron chi connectivity index (χ4n) is 1.57. The lowest BCUT2D eigenvalue weighted by Gasteiger charge is -2.08. The molecule has 1 heterocycles. The zero-order valence-corrected chi connectivity index (χ0v) is 7.48. The van der Waals surface area contributed by atoms with Crippen LogP contribution >= 0.6 is 0 Å². The van der Waals surface area contributed by atoms with Crippen molar-refractivity contribution in [3.05, 3.63) is 0 Å². The molecule has 1 nitrogen and oxygen atoms in total. The number of rotatable bonds is 0. The molecule has 0 aromatic rings. The van der Waals surface area contributed by atoms with E-state index in [9.17, 15) is 0 Å². The summed E-state index contributed by atoms with van der Waals surface area (Å²) in [6.07, 6.45) is 11.4. The molecule has 2 rings (SSSR count). The van der Waals surface area contributed by atoms with E-state index in [2.05, 4.69) is 0 Å². The van der Waals surface area contributed by atoms with Gasteiger partial charge in [0.05, 0.1) is 0 Å². The van der Waals surface area contributed by atoms with E-state index in [4.69, 9.17) is 4.74 Å². The maximum atomic E-state index is 5.07. The van der Waals surface area contributed by atoms with Crippen molar-refractivity contribution in [3.8, 4) is 0 Å². The molecule has 2 aliphatic rings. The van der Waals surface area contributed by atoms with Crippen LogP contribution in [0.5, 0.6) is 0 Å². The topological polar surface area (TPSA) is 9.23 Å². The Kier molecular flexibility index (Phi) is 5.48. The predicted molar refractivity (Wildman–Crippen MR) is 47.8 cm³/mol. The van der Waals surface area contributed by atoms with E-state index in [0.717, 1.165) is 13.2 Å². The third kappa shape index (κ3) is 5.25. The molecule has 0 aromatic heterocycles. The average molecular weight is 156 g/mol. The molecule has 66 valence electrons. The fourth-order valence-corrected chi connectivity index (χ4v) is 1.57. The van der Waals surface area contributed by atoms with Crippen LogP contribution in [0.1, 0.15) is 51.4 Å². The van der Waals surface area contributed by atoms with Crippen LogP contribution in [0.3, 0.4) is 0 Å². The summed E-state index contributed by atoms with van der Waals surface area (Å²) in [7, 11) is 0. The molecular formula is C10H20O. The van der Waals surface area contributed by atoms with Crippen molar-refractivity contribution in [2.45, 2.75) is 51.4 Å². The van der Waals surface area contributed by atoms with Gasteiger partial charge in [0.1, 0.15) is 0 Å². The standard InChI is InChI=1S/C5H10O.C5H10/c1-2-4-6-5-3-1;1-2-4-5-3-1/h1-5H2;1-5H2. The number of hydrogen-bond acceptors (Lipinski definition) is 1. The molecule has 2 fully saturated rings. The summed E-state index contributed by atoms with van der Waals surface area (Å²) in [5.74, 6) is 0. The van der Waals surface area contributed by atoms with Gasteiger partial charge >= 0.3 is 0 Å². The lowest BCUT2D eigenvalue weighted by Crippen LogP contribution is -2.03. The van der Waals surface area contributed by atoms with Crippen LogP contribution in [0.2, 0.25) is 0 Å². The van der Waals surface area contributed by atoms with Crippen LogP contribution in [0, 0.1) is 0 Å². The van der Waals surface area contributed by atoms with Crippen molar-refractivity contribution in [3.63, 3.8) is 0 Å². The molecule has 0 aromatic carbocycles. The molecule has 0 amide bonds. The largest absolute Gasteiger partial charge is 0.381 e. The smallest absolute Gasteiger partial charge is 0.0466 e. The van der Waals surface area contributed by atoms with E-state index in [0.29, 0.717) is 0 Å². The van der Waals surface area contributed by atoms with Crippen LogP contribution in [0.25, 0.3) is 0 Å². The second-order valence-corrected chi connectivity index (χ2v) is 3.44. The van der Waals surface area contributed by atoms with E-state index in [1.54, 1.807) is 0 Å². The van der Waals surface area contributed by atoms with E-state index in [1.807, 2.05) is 0 Å². The van der Waals surface area contributed by atoms with Crippen LogP contribution in [0.4, 0.5) is 0 Å². The van der Waals surface area contributed by atoms with Crippen molar-refractivity contribution in [2.24, 2.45) is 0 Å². The van der Waals surface area contributed by atoms with Gasteiger partial charge in [-0.15, -0.1) is 0 Å². The van der Waals surface area contributed by atoms with E-state index in [-0.39, 0.29) is 0 Å². The molecule has 1 saturated carbocycles. The van der Waals surface area contributed by atoms with Gasteiger partial charge in [0.15, 0.2) is 0 Å². The Bertz CT molecular complexity index is 53.8. The molecule has 11 heavy (non-hydrogen) atoms. The van der Waals surface area contributed by atoms with Gasteiger partial charge in [-0.25, -0.2) is 0 Å². The molecule has 1 heteroatoms. The summed E-state index contributed by atoms with van der Waals surface area (Å²) in [6.45, 7) is 2.00. The van der Waals surface area contributed by atoms with Crippen molar-refractivity contribution >= 4 is 0 Å². The Morgan fingerprint density at radius 2 is 0.818 bits per heavy atom. The van der Waals surface area contributed by atoms with Crippen molar-refractivity contribution < 1.29 is 4.74 Å². The second-order valence-electron chi connectivity index (χ2n) is 3.44. The van der Waals surface area contributed by atoms with Crippen molar-refractivity contribution in [2.75, 3.05) is 13.2 Å². The summed E-state index contributed by atoms with van der Waals surface area (Å²) in [5.41, 5.74) is 0. The van der Waals surface area contributed by atoms with Crippen molar-refractivity contribution in [1.29, 1.82) is 0 Å². The highest BCUT2D eigenvalue weighted by molar-refractivity contribution is 4.51. The van der Waals surface area contributed by atoms with Crippen molar-refractivity contribution in [1.82, 2.24) is 0 Å². The first-order valence-electron chi connectivity index (χ1n) is 5.08. The van der Waals surface area contributed by atoms with Crippen LogP contribution in [0.15, 0.2) is 0 Å². The molecule has 0 unspecified atom stereocenters. The van der Waals surface area contributed by atoms with E-state index < -0.39 is 0 Å². The third-order valence-corrected chi connectivity index (χ3v) is 2.33. The highest BCUT2D eigenvalue weighted by Gasteiger charge is 1.95. The van der Waals surface area contributed by atoms with E-state index >= 15 is 0 Å². The van der Waals surface area contributed by atoms with Gasteiger partial charge in [0.2, 0.25) is 0 Å². The SMILES string of the molecule is C1CCCC1.C1CCOCC1. The average Bonchev–Trinajstić information content (AvgIpc) is 2.64. The summed E-state index contributed by atoms with van der Waals surface area (Å²) < 4.78 is 5.07. The first-order valence-corrected chi connectivity index (χ1v) is 5.08. The van der Waals surface area contributed by atoms with Crippen LogP contribution in [-0.2, 0) is 4.74 Å². The lowest BCUT2D eigenvalue weighted by molar-refractivity contribution is 0.0968. The molecule has 0 spiro atoms. The first kappa shape index (κ1) is 9.05.